The van der Waals surface area contributed by atoms with Crippen LogP contribution in [0, 0.1) is 13.8 Å². The molecule has 2 atom stereocenters. The average Bonchev–Trinajstić information content (AvgIpc) is 3.04. The molecule has 0 saturated carbocycles. The van der Waals surface area contributed by atoms with Gasteiger partial charge in [-0.05, 0) is 44.0 Å². The number of methoxy groups -OCH3 is 1. The summed E-state index contributed by atoms with van der Waals surface area (Å²) in [7, 11) is 1.64. The molecule has 2 aromatic carbocycles. The van der Waals surface area contributed by atoms with E-state index >= 15 is 0 Å². The van der Waals surface area contributed by atoms with Crippen molar-refractivity contribution in [1.82, 2.24) is 10.2 Å². The number of H-pyrrole nitrogens is 1. The maximum Gasteiger partial charge on any atom is 0.238 e. The molecule has 4 rings (SSSR count). The van der Waals surface area contributed by atoms with Crippen molar-refractivity contribution >= 4 is 23.5 Å². The van der Waals surface area contributed by atoms with Gasteiger partial charge in [-0.2, -0.15) is 5.10 Å². The zero-order chi connectivity index (χ0) is 21.3. The molecule has 0 spiro atoms. The smallest absolute Gasteiger partial charge is 0.238 e. The normalized spacial score (nSPS) is 18.3. The maximum absolute atomic E-state index is 12.4. The Morgan fingerprint density at radius 3 is 2.60 bits per heavy atom. The summed E-state index contributed by atoms with van der Waals surface area (Å²) in [5, 5.41) is 9.94. The molecule has 1 aromatic heterocycles. The third kappa shape index (κ3) is 4.03. The Morgan fingerprint density at radius 2 is 1.87 bits per heavy atom. The van der Waals surface area contributed by atoms with Gasteiger partial charge < -0.3 is 14.8 Å². The second-order valence-electron chi connectivity index (χ2n) is 7.44. The lowest BCUT2D eigenvalue weighted by molar-refractivity contribution is -0.115. The Balaban J connectivity index is 1.62. The van der Waals surface area contributed by atoms with Crippen LogP contribution in [0.2, 0.25) is 0 Å². The molecule has 1 aliphatic heterocycles. The molecular formula is C23H25N3O3S. The van der Waals surface area contributed by atoms with Crippen LogP contribution in [0.3, 0.4) is 0 Å². The van der Waals surface area contributed by atoms with Gasteiger partial charge >= 0.3 is 0 Å². The van der Waals surface area contributed by atoms with Crippen LogP contribution in [0.25, 0.3) is 0 Å². The van der Waals surface area contributed by atoms with Crippen LogP contribution >= 0.6 is 11.8 Å². The van der Waals surface area contributed by atoms with Gasteiger partial charge in [0.25, 0.3) is 0 Å². The second kappa shape index (κ2) is 8.44. The number of nitrogens with zero attached hydrogens (tertiary/aromatic N) is 1. The summed E-state index contributed by atoms with van der Waals surface area (Å²) in [6, 6.07) is 14.2. The molecule has 1 amide bonds. The van der Waals surface area contributed by atoms with Crippen molar-refractivity contribution in [1.29, 1.82) is 0 Å². The first-order valence-electron chi connectivity index (χ1n) is 9.83. The summed E-state index contributed by atoms with van der Waals surface area (Å²) in [6.07, 6.45) is 0. The lowest BCUT2D eigenvalue weighted by atomic mass is 10.0. The average molecular weight is 424 g/mol. The second-order valence-corrected chi connectivity index (χ2v) is 8.89. The number of aryl methyl sites for hydroxylation is 2. The summed E-state index contributed by atoms with van der Waals surface area (Å²) in [5.74, 6) is 1.91. The van der Waals surface area contributed by atoms with Gasteiger partial charge in [0.05, 0.1) is 17.6 Å². The number of aromatic nitrogens is 2. The monoisotopic (exact) mass is 423 g/mol. The largest absolute Gasteiger partial charge is 0.493 e. The van der Waals surface area contributed by atoms with Gasteiger partial charge in [0.1, 0.15) is 6.61 Å². The van der Waals surface area contributed by atoms with E-state index in [1.807, 2.05) is 32.0 Å². The first-order valence-corrected chi connectivity index (χ1v) is 10.8. The highest BCUT2D eigenvalue weighted by atomic mass is 32.2. The fourth-order valence-corrected chi connectivity index (χ4v) is 4.78. The molecule has 0 aliphatic carbocycles. The number of aromatic amines is 1. The number of ether oxygens (including phenoxy) is 2. The standard InChI is InChI=1S/C23H25N3O3S/c1-13-5-7-16(8-6-13)12-29-18-10-9-17(11-19(18)28-4)21-20-14(2)25-26-22(20)24-23(27)15(3)30-21/h5-11,15,21H,12H2,1-4H3,(H2,24,25,26,27)/t15-,21-/m0/s1. The molecule has 2 N–H and O–H groups in total. The summed E-state index contributed by atoms with van der Waals surface area (Å²) < 4.78 is 11.6. The lowest BCUT2D eigenvalue weighted by Crippen LogP contribution is -2.21. The number of nitrogens with one attached hydrogen (secondary N) is 2. The van der Waals surface area contributed by atoms with Crippen molar-refractivity contribution in [3.8, 4) is 11.5 Å². The fourth-order valence-electron chi connectivity index (χ4n) is 3.46. The first kappa shape index (κ1) is 20.3. The molecule has 6 nitrogen and oxygen atoms in total. The number of hydrogen-bond acceptors (Lipinski definition) is 5. The highest BCUT2D eigenvalue weighted by molar-refractivity contribution is 8.01. The van der Waals surface area contributed by atoms with Gasteiger partial charge in [-0.25, -0.2) is 0 Å². The Hall–Kier alpha value is -2.93. The summed E-state index contributed by atoms with van der Waals surface area (Å²) >= 11 is 1.60. The zero-order valence-corrected chi connectivity index (χ0v) is 18.3. The number of carbonyl (C=O) groups is 1. The highest BCUT2D eigenvalue weighted by Crippen LogP contribution is 2.46. The molecule has 2 heterocycles. The number of thioether (sulfide) groups is 1. The van der Waals surface area contributed by atoms with Crippen LogP contribution in [-0.2, 0) is 11.4 Å². The first-order chi connectivity index (χ1) is 14.5. The quantitative estimate of drug-likeness (QED) is 0.618. The Labute approximate surface area is 180 Å². The number of amides is 1. The number of rotatable bonds is 5. The van der Waals surface area contributed by atoms with Crippen molar-refractivity contribution in [2.75, 3.05) is 12.4 Å². The van der Waals surface area contributed by atoms with Gasteiger partial charge in [0, 0.05) is 11.3 Å². The van der Waals surface area contributed by atoms with Crippen LogP contribution in [0.1, 0.15) is 40.1 Å². The molecule has 30 heavy (non-hydrogen) atoms. The number of carbonyl (C=O) groups excluding carboxylic acids is 1. The van der Waals surface area contributed by atoms with Gasteiger partial charge in [0.2, 0.25) is 5.91 Å². The number of benzene rings is 2. The number of fused-ring (bicyclic) bond motifs is 1. The predicted octanol–water partition coefficient (Wildman–Crippen LogP) is 4.78. The van der Waals surface area contributed by atoms with E-state index in [0.717, 1.165) is 22.4 Å². The molecule has 0 fully saturated rings. The third-order valence-electron chi connectivity index (χ3n) is 5.21. The third-order valence-corrected chi connectivity index (χ3v) is 6.62. The van der Waals surface area contributed by atoms with Gasteiger partial charge in [0.15, 0.2) is 17.3 Å². The molecule has 0 bridgehead atoms. The topological polar surface area (TPSA) is 76.2 Å². The molecule has 7 heteroatoms. The van der Waals surface area contributed by atoms with Gasteiger partial charge in [-0.1, -0.05) is 35.9 Å². The van der Waals surface area contributed by atoms with E-state index in [4.69, 9.17) is 9.47 Å². The molecule has 3 aromatic rings. The molecule has 156 valence electrons. The zero-order valence-electron chi connectivity index (χ0n) is 17.5. The fraction of sp³-hybridized carbons (Fsp3) is 0.304. The minimum atomic E-state index is -0.202. The number of anilines is 1. The molecular weight excluding hydrogens is 398 g/mol. The molecule has 0 unspecified atom stereocenters. The van der Waals surface area contributed by atoms with E-state index < -0.39 is 0 Å². The Morgan fingerprint density at radius 1 is 1.10 bits per heavy atom. The van der Waals surface area contributed by atoms with Crippen molar-refractivity contribution in [2.24, 2.45) is 0 Å². The van der Waals surface area contributed by atoms with E-state index in [1.54, 1.807) is 18.9 Å². The SMILES string of the molecule is COc1cc([C@@H]2S[C@@H](C)C(=O)Nc3n[nH]c(C)c32)ccc1OCc1ccc(C)cc1. The van der Waals surface area contributed by atoms with Crippen molar-refractivity contribution in [3.05, 3.63) is 70.4 Å². The van der Waals surface area contributed by atoms with E-state index in [0.29, 0.717) is 23.9 Å². The molecule has 1 aliphatic rings. The molecule has 0 radical (unpaired) electrons. The van der Waals surface area contributed by atoms with Gasteiger partial charge in [-0.3, -0.25) is 9.89 Å². The van der Waals surface area contributed by atoms with Crippen molar-refractivity contribution in [3.63, 3.8) is 0 Å². The van der Waals surface area contributed by atoms with Crippen LogP contribution in [0.4, 0.5) is 5.82 Å². The summed E-state index contributed by atoms with van der Waals surface area (Å²) in [6.45, 7) is 6.41. The molecule has 0 saturated heterocycles. The van der Waals surface area contributed by atoms with E-state index in [-0.39, 0.29) is 16.4 Å². The van der Waals surface area contributed by atoms with E-state index in [9.17, 15) is 4.79 Å². The summed E-state index contributed by atoms with van der Waals surface area (Å²) in [4.78, 5) is 12.4. The van der Waals surface area contributed by atoms with Crippen LogP contribution in [0.5, 0.6) is 11.5 Å². The minimum Gasteiger partial charge on any atom is -0.493 e. The van der Waals surface area contributed by atoms with Gasteiger partial charge in [-0.15, -0.1) is 11.8 Å². The van der Waals surface area contributed by atoms with Crippen molar-refractivity contribution in [2.45, 2.75) is 37.9 Å². The number of hydrogen-bond donors (Lipinski definition) is 2. The van der Waals surface area contributed by atoms with Crippen LogP contribution in [-0.4, -0.2) is 28.5 Å². The predicted molar refractivity (Wildman–Crippen MR) is 119 cm³/mol. The highest BCUT2D eigenvalue weighted by Gasteiger charge is 2.32. The van der Waals surface area contributed by atoms with E-state index in [1.165, 1.54) is 5.56 Å². The van der Waals surface area contributed by atoms with Crippen molar-refractivity contribution < 1.29 is 14.3 Å². The Bertz CT molecular complexity index is 1060. The minimum absolute atomic E-state index is 0.0414. The maximum atomic E-state index is 12.4. The summed E-state index contributed by atoms with van der Waals surface area (Å²) in [5.41, 5.74) is 5.29. The lowest BCUT2D eigenvalue weighted by Gasteiger charge is -2.19. The Kier molecular flexibility index (Phi) is 5.72. The van der Waals surface area contributed by atoms with Crippen LogP contribution in [0.15, 0.2) is 42.5 Å². The van der Waals surface area contributed by atoms with Crippen LogP contribution < -0.4 is 14.8 Å². The van der Waals surface area contributed by atoms with E-state index in [2.05, 4.69) is 46.7 Å².